The molecule has 1 aromatic heterocycles. The monoisotopic (exact) mass is 313 g/mol. The first-order valence-corrected chi connectivity index (χ1v) is 7.14. The van der Waals surface area contributed by atoms with Crippen LogP contribution in [0, 0.1) is 0 Å². The third kappa shape index (κ3) is 3.31. The number of aryl methyl sites for hydroxylation is 1. The van der Waals surface area contributed by atoms with Crippen LogP contribution in [0.25, 0.3) is 0 Å². The molecule has 9 heteroatoms. The molecule has 21 heavy (non-hydrogen) atoms. The van der Waals surface area contributed by atoms with Gasteiger partial charge in [0.15, 0.2) is 0 Å². The number of anilines is 1. The van der Waals surface area contributed by atoms with E-state index >= 15 is 0 Å². The number of nitrogens with one attached hydrogen (secondary N) is 2. The lowest BCUT2D eigenvalue weighted by atomic mass is 10.1. The van der Waals surface area contributed by atoms with Crippen molar-refractivity contribution in [1.29, 1.82) is 0 Å². The summed E-state index contributed by atoms with van der Waals surface area (Å²) in [5.41, 5.74) is 5.41. The van der Waals surface area contributed by atoms with E-state index in [1.54, 1.807) is 0 Å². The van der Waals surface area contributed by atoms with E-state index in [0.29, 0.717) is 12.4 Å². The molecule has 0 atom stereocenters. The van der Waals surface area contributed by atoms with E-state index in [1.807, 2.05) is 0 Å². The molecule has 1 aliphatic heterocycles. The second kappa shape index (κ2) is 6.55. The van der Waals surface area contributed by atoms with Gasteiger partial charge in [-0.2, -0.15) is 0 Å². The Hall–Kier alpha value is -2.13. The van der Waals surface area contributed by atoms with E-state index in [-0.39, 0.29) is 23.7 Å². The summed E-state index contributed by atoms with van der Waals surface area (Å²) in [5.74, 6) is -2.15. The lowest BCUT2D eigenvalue weighted by molar-refractivity contribution is -0.136. The molecule has 2 heterocycles. The van der Waals surface area contributed by atoms with Gasteiger partial charge in [0.1, 0.15) is 16.3 Å². The molecular formula is C12H15N3O5S. The fourth-order valence-electron chi connectivity index (χ4n) is 1.91. The van der Waals surface area contributed by atoms with Gasteiger partial charge in [-0.15, -0.1) is 11.3 Å². The minimum atomic E-state index is -0.926. The van der Waals surface area contributed by atoms with Gasteiger partial charge in [0.2, 0.25) is 0 Å². The summed E-state index contributed by atoms with van der Waals surface area (Å²) in [5, 5.41) is 13.4. The van der Waals surface area contributed by atoms with Crippen molar-refractivity contribution in [1.82, 2.24) is 5.32 Å². The standard InChI is InChI=1S/C12H15N3O5S/c13-9(17)7-8-6(2-1-5-20-8)21-12(7)15-11(19)10(18)14-3-4-16/h16H,1-5H2,(H2,13,17)(H,14,18)(H,15,19). The van der Waals surface area contributed by atoms with Gasteiger partial charge in [0.05, 0.1) is 13.2 Å². The van der Waals surface area contributed by atoms with Crippen LogP contribution in [-0.4, -0.2) is 42.6 Å². The van der Waals surface area contributed by atoms with E-state index in [0.717, 1.165) is 17.7 Å². The molecule has 8 nitrogen and oxygen atoms in total. The number of hydrogen-bond acceptors (Lipinski definition) is 6. The Kier molecular flexibility index (Phi) is 4.76. The minimum absolute atomic E-state index is 0.0288. The van der Waals surface area contributed by atoms with Crippen molar-refractivity contribution >= 4 is 34.1 Å². The number of nitrogens with two attached hydrogens (primary N) is 1. The number of thiophene rings is 1. The summed E-state index contributed by atoms with van der Waals surface area (Å²) in [4.78, 5) is 35.5. The number of aliphatic hydroxyl groups is 1. The normalized spacial score (nSPS) is 13.0. The second-order valence-corrected chi connectivity index (χ2v) is 5.41. The molecule has 0 fully saturated rings. The Labute approximate surface area is 124 Å². The molecule has 0 unspecified atom stereocenters. The van der Waals surface area contributed by atoms with Crippen LogP contribution < -0.4 is 21.1 Å². The van der Waals surface area contributed by atoms with Crippen molar-refractivity contribution in [3.8, 4) is 5.75 Å². The number of hydrogen-bond donors (Lipinski definition) is 4. The number of fused-ring (bicyclic) bond motifs is 1. The summed E-state index contributed by atoms with van der Waals surface area (Å²) in [6.07, 6.45) is 1.54. The van der Waals surface area contributed by atoms with Gasteiger partial charge in [0.25, 0.3) is 5.91 Å². The van der Waals surface area contributed by atoms with E-state index < -0.39 is 17.7 Å². The third-order valence-corrected chi connectivity index (χ3v) is 3.95. The number of carbonyl (C=O) groups excluding carboxylic acids is 3. The predicted molar refractivity (Wildman–Crippen MR) is 75.4 cm³/mol. The van der Waals surface area contributed by atoms with Crippen molar-refractivity contribution in [2.45, 2.75) is 12.8 Å². The van der Waals surface area contributed by atoms with Gasteiger partial charge < -0.3 is 26.2 Å². The van der Waals surface area contributed by atoms with Crippen molar-refractivity contribution in [3.05, 3.63) is 10.4 Å². The molecule has 114 valence electrons. The Bertz CT molecular complexity index is 584. The van der Waals surface area contributed by atoms with Crippen LogP contribution in [0.15, 0.2) is 0 Å². The smallest absolute Gasteiger partial charge is 0.314 e. The average Bonchev–Trinajstić information content (AvgIpc) is 2.82. The molecule has 3 amide bonds. The first-order valence-electron chi connectivity index (χ1n) is 6.33. The second-order valence-electron chi connectivity index (χ2n) is 4.31. The Morgan fingerprint density at radius 2 is 2.10 bits per heavy atom. The number of primary amides is 1. The van der Waals surface area contributed by atoms with E-state index in [1.165, 1.54) is 11.3 Å². The van der Waals surface area contributed by atoms with Crippen molar-refractivity contribution in [2.24, 2.45) is 5.73 Å². The topological polar surface area (TPSA) is 131 Å². The van der Waals surface area contributed by atoms with Gasteiger partial charge >= 0.3 is 11.8 Å². The highest BCUT2D eigenvalue weighted by molar-refractivity contribution is 7.17. The zero-order valence-corrected chi connectivity index (χ0v) is 11.9. The summed E-state index contributed by atoms with van der Waals surface area (Å²) >= 11 is 1.17. The highest BCUT2D eigenvalue weighted by Crippen LogP contribution is 2.41. The molecule has 0 aliphatic carbocycles. The molecule has 1 aromatic rings. The summed E-state index contributed by atoms with van der Waals surface area (Å²) < 4.78 is 5.43. The van der Waals surface area contributed by atoms with E-state index in [4.69, 9.17) is 15.6 Å². The summed E-state index contributed by atoms with van der Waals surface area (Å²) in [6, 6.07) is 0. The maximum Gasteiger partial charge on any atom is 0.314 e. The number of aliphatic hydroxyl groups excluding tert-OH is 1. The number of ether oxygens (including phenoxy) is 1. The predicted octanol–water partition coefficient (Wildman–Crippen LogP) is -0.781. The van der Waals surface area contributed by atoms with E-state index in [9.17, 15) is 14.4 Å². The lowest BCUT2D eigenvalue weighted by Crippen LogP contribution is -2.37. The molecule has 0 radical (unpaired) electrons. The maximum atomic E-state index is 11.7. The molecule has 2 rings (SSSR count). The van der Waals surface area contributed by atoms with Crippen molar-refractivity contribution < 1.29 is 24.2 Å². The highest BCUT2D eigenvalue weighted by Gasteiger charge is 2.27. The summed E-state index contributed by atoms with van der Waals surface area (Å²) in [6.45, 7) is 0.181. The SMILES string of the molecule is NC(=O)c1c(NC(=O)C(=O)NCCO)sc2c1OCCC2. The van der Waals surface area contributed by atoms with Gasteiger partial charge in [0, 0.05) is 11.4 Å². The molecule has 0 saturated carbocycles. The number of carbonyl (C=O) groups is 3. The molecule has 0 saturated heterocycles. The van der Waals surface area contributed by atoms with Gasteiger partial charge in [-0.05, 0) is 12.8 Å². The average molecular weight is 313 g/mol. The maximum absolute atomic E-state index is 11.7. The zero-order valence-electron chi connectivity index (χ0n) is 11.1. The lowest BCUT2D eigenvalue weighted by Gasteiger charge is -2.13. The summed E-state index contributed by atoms with van der Waals surface area (Å²) in [7, 11) is 0. The Morgan fingerprint density at radius 1 is 1.33 bits per heavy atom. The number of amides is 3. The van der Waals surface area contributed by atoms with Crippen LogP contribution in [-0.2, 0) is 16.0 Å². The molecule has 5 N–H and O–H groups in total. The van der Waals surface area contributed by atoms with Crippen LogP contribution in [0.1, 0.15) is 21.7 Å². The first kappa shape index (κ1) is 15.3. The molecule has 1 aliphatic rings. The van der Waals surface area contributed by atoms with Crippen LogP contribution in [0.2, 0.25) is 0 Å². The van der Waals surface area contributed by atoms with Gasteiger partial charge in [-0.1, -0.05) is 0 Å². The van der Waals surface area contributed by atoms with Crippen LogP contribution in [0.3, 0.4) is 0 Å². The number of rotatable bonds is 4. The Morgan fingerprint density at radius 3 is 2.76 bits per heavy atom. The first-order chi connectivity index (χ1) is 10.0. The van der Waals surface area contributed by atoms with Crippen molar-refractivity contribution in [3.63, 3.8) is 0 Å². The fourth-order valence-corrected chi connectivity index (χ4v) is 3.09. The zero-order chi connectivity index (χ0) is 15.4. The molecule has 0 aromatic carbocycles. The Balaban J connectivity index is 2.20. The van der Waals surface area contributed by atoms with Crippen LogP contribution in [0.5, 0.6) is 5.75 Å². The molecular weight excluding hydrogens is 298 g/mol. The third-order valence-electron chi connectivity index (χ3n) is 2.80. The molecule has 0 bridgehead atoms. The van der Waals surface area contributed by atoms with E-state index in [2.05, 4.69) is 10.6 Å². The van der Waals surface area contributed by atoms with Crippen molar-refractivity contribution in [2.75, 3.05) is 25.1 Å². The van der Waals surface area contributed by atoms with Crippen LogP contribution in [0.4, 0.5) is 5.00 Å². The fraction of sp³-hybridized carbons (Fsp3) is 0.417. The van der Waals surface area contributed by atoms with Crippen LogP contribution >= 0.6 is 11.3 Å². The van der Waals surface area contributed by atoms with Gasteiger partial charge in [-0.3, -0.25) is 14.4 Å². The van der Waals surface area contributed by atoms with Gasteiger partial charge in [-0.25, -0.2) is 0 Å². The largest absolute Gasteiger partial charge is 0.491 e. The quantitative estimate of drug-likeness (QED) is 0.542. The highest BCUT2D eigenvalue weighted by atomic mass is 32.1. The molecule has 0 spiro atoms. The minimum Gasteiger partial charge on any atom is -0.491 e.